The molecule has 6 nitrogen and oxygen atoms in total. The lowest BCUT2D eigenvalue weighted by Gasteiger charge is -2.56. The number of fused-ring (bicyclic) bond motifs is 2. The normalized spacial score (nSPS) is 45.0. The van der Waals surface area contributed by atoms with Crippen molar-refractivity contribution in [2.24, 2.45) is 40.4 Å². The van der Waals surface area contributed by atoms with Crippen LogP contribution in [0.1, 0.15) is 63.9 Å². The zero-order valence-electron chi connectivity index (χ0n) is 19.8. The van der Waals surface area contributed by atoms with Gasteiger partial charge in [0.25, 0.3) is 0 Å². The molecule has 1 spiro atoms. The summed E-state index contributed by atoms with van der Waals surface area (Å²) in [6.45, 7) is 3.60. The van der Waals surface area contributed by atoms with Crippen LogP contribution >= 0.6 is 0 Å². The van der Waals surface area contributed by atoms with E-state index in [1.54, 1.807) is 0 Å². The van der Waals surface area contributed by atoms with E-state index in [9.17, 15) is 19.2 Å². The van der Waals surface area contributed by atoms with Crippen LogP contribution in [-0.2, 0) is 28.7 Å². The molecule has 1 saturated heterocycles. The number of esters is 2. The number of ketones is 2. The third kappa shape index (κ3) is 2.86. The van der Waals surface area contributed by atoms with Crippen LogP contribution in [0.3, 0.4) is 0 Å². The summed E-state index contributed by atoms with van der Waals surface area (Å²) in [5.74, 6) is -1.28. The molecule has 9 atom stereocenters. The number of Topliss-reactive ketones (excluding diaryl/α,β-unsaturated/α-hetero) is 2. The third-order valence-electron chi connectivity index (χ3n) is 10.2. The lowest BCUT2D eigenvalue weighted by molar-refractivity contribution is -0.174. The molecule has 6 rings (SSSR count). The SMILES string of the molecule is CC(=O)O[C@H]1CC[C@]23COC(=O)[C@H]2[C@](C)([C@@H]2C(=O)C4CC2[C@H](c2ccccc2)C4)C(=O)C[C@H]3C1. The summed E-state index contributed by atoms with van der Waals surface area (Å²) >= 11 is 0. The Morgan fingerprint density at radius 2 is 1.85 bits per heavy atom. The van der Waals surface area contributed by atoms with Crippen LogP contribution in [0.5, 0.6) is 0 Å². The van der Waals surface area contributed by atoms with E-state index in [2.05, 4.69) is 12.1 Å². The van der Waals surface area contributed by atoms with Gasteiger partial charge in [-0.3, -0.25) is 19.2 Å². The van der Waals surface area contributed by atoms with Gasteiger partial charge >= 0.3 is 11.9 Å². The van der Waals surface area contributed by atoms with Gasteiger partial charge in [0.1, 0.15) is 17.7 Å². The number of benzene rings is 1. The maximum absolute atomic E-state index is 14.0. The number of ether oxygens (including phenoxy) is 2. The molecule has 180 valence electrons. The molecule has 0 amide bonds. The quantitative estimate of drug-likeness (QED) is 0.632. The van der Waals surface area contributed by atoms with Crippen LogP contribution < -0.4 is 0 Å². The first-order chi connectivity index (χ1) is 16.3. The standard InChI is InChI=1S/C28H32O6/c1-15(29)34-19-8-9-28-14-33-26(32)25(28)27(2,22(30)13-18(28)12-19)23-21-11-17(24(23)31)10-20(21)16-6-4-3-5-7-16/h3-7,17-21,23,25H,8-14H2,1-2H3/t17?,18-,19+,20+,21?,23+,25+,27+,28-/m1/s1. The number of carbonyl (C=O) groups is 4. The van der Waals surface area contributed by atoms with E-state index in [0.717, 1.165) is 12.8 Å². The van der Waals surface area contributed by atoms with Crippen LogP contribution in [0.4, 0.5) is 0 Å². The Morgan fingerprint density at radius 1 is 1.09 bits per heavy atom. The van der Waals surface area contributed by atoms with E-state index in [1.807, 2.05) is 25.1 Å². The summed E-state index contributed by atoms with van der Waals surface area (Å²) in [7, 11) is 0. The summed E-state index contributed by atoms with van der Waals surface area (Å²) in [5.41, 5.74) is -0.272. The van der Waals surface area contributed by atoms with Crippen LogP contribution in [0.2, 0.25) is 0 Å². The van der Waals surface area contributed by atoms with Gasteiger partial charge in [0.15, 0.2) is 0 Å². The molecule has 0 N–H and O–H groups in total. The third-order valence-corrected chi connectivity index (χ3v) is 10.2. The predicted molar refractivity (Wildman–Crippen MR) is 121 cm³/mol. The highest BCUT2D eigenvalue weighted by Crippen LogP contribution is 2.68. The van der Waals surface area contributed by atoms with Gasteiger partial charge < -0.3 is 9.47 Å². The lowest BCUT2D eigenvalue weighted by Crippen LogP contribution is -2.62. The molecular weight excluding hydrogens is 432 g/mol. The molecule has 4 saturated carbocycles. The molecule has 6 heteroatoms. The summed E-state index contributed by atoms with van der Waals surface area (Å²) in [6.07, 6.45) is 3.63. The molecule has 4 aliphatic carbocycles. The second-order valence-electron chi connectivity index (χ2n) is 11.6. The second-order valence-corrected chi connectivity index (χ2v) is 11.6. The number of hydrogen-bond acceptors (Lipinski definition) is 6. The number of hydrogen-bond donors (Lipinski definition) is 0. The Morgan fingerprint density at radius 3 is 2.56 bits per heavy atom. The van der Waals surface area contributed by atoms with E-state index >= 15 is 0 Å². The van der Waals surface area contributed by atoms with E-state index < -0.39 is 22.7 Å². The highest BCUT2D eigenvalue weighted by atomic mass is 16.5. The van der Waals surface area contributed by atoms with Gasteiger partial charge in [0, 0.05) is 30.6 Å². The molecular formula is C28H32O6. The van der Waals surface area contributed by atoms with Gasteiger partial charge in [-0.15, -0.1) is 0 Å². The molecule has 2 bridgehead atoms. The topological polar surface area (TPSA) is 86.7 Å². The fraction of sp³-hybridized carbons (Fsp3) is 0.643. The number of cyclic esters (lactones) is 1. The first-order valence-electron chi connectivity index (χ1n) is 12.7. The van der Waals surface area contributed by atoms with Crippen molar-refractivity contribution in [3.63, 3.8) is 0 Å². The van der Waals surface area contributed by atoms with Crippen molar-refractivity contribution in [1.29, 1.82) is 0 Å². The Hall–Kier alpha value is -2.50. The Kier molecular flexibility index (Phi) is 4.85. The van der Waals surface area contributed by atoms with Crippen LogP contribution in [0.15, 0.2) is 30.3 Å². The minimum atomic E-state index is -1.04. The highest BCUT2D eigenvalue weighted by molar-refractivity contribution is 6.00. The van der Waals surface area contributed by atoms with E-state index in [0.29, 0.717) is 32.3 Å². The average molecular weight is 465 g/mol. The Balaban J connectivity index is 1.38. The van der Waals surface area contributed by atoms with Crippen molar-refractivity contribution in [3.8, 4) is 0 Å². The molecule has 1 aromatic carbocycles. The molecule has 34 heavy (non-hydrogen) atoms. The molecule has 5 aliphatic rings. The van der Waals surface area contributed by atoms with Gasteiger partial charge in [-0.05, 0) is 55.4 Å². The van der Waals surface area contributed by atoms with Crippen molar-refractivity contribution in [2.45, 2.75) is 64.4 Å². The van der Waals surface area contributed by atoms with E-state index in [-0.39, 0.29) is 53.3 Å². The first kappa shape index (κ1) is 22.0. The smallest absolute Gasteiger partial charge is 0.310 e. The van der Waals surface area contributed by atoms with Gasteiger partial charge in [0.2, 0.25) is 0 Å². The van der Waals surface area contributed by atoms with Crippen LogP contribution in [0, 0.1) is 40.4 Å². The second kappa shape index (κ2) is 7.50. The maximum atomic E-state index is 14.0. The van der Waals surface area contributed by atoms with Gasteiger partial charge in [-0.2, -0.15) is 0 Å². The van der Waals surface area contributed by atoms with E-state index in [4.69, 9.17) is 9.47 Å². The highest BCUT2D eigenvalue weighted by Gasteiger charge is 2.73. The summed E-state index contributed by atoms with van der Waals surface area (Å²) in [6, 6.07) is 10.3. The van der Waals surface area contributed by atoms with Crippen molar-refractivity contribution >= 4 is 23.5 Å². The number of carbonyl (C=O) groups excluding carboxylic acids is 4. The zero-order chi connectivity index (χ0) is 23.8. The minimum Gasteiger partial charge on any atom is -0.465 e. The summed E-state index contributed by atoms with van der Waals surface area (Å²) in [5, 5.41) is 0. The molecule has 2 unspecified atom stereocenters. The van der Waals surface area contributed by atoms with Gasteiger partial charge in [-0.25, -0.2) is 0 Å². The maximum Gasteiger partial charge on any atom is 0.310 e. The van der Waals surface area contributed by atoms with Crippen molar-refractivity contribution in [3.05, 3.63) is 35.9 Å². The molecule has 0 aromatic heterocycles. The summed E-state index contributed by atoms with van der Waals surface area (Å²) in [4.78, 5) is 52.5. The van der Waals surface area contributed by atoms with E-state index in [1.165, 1.54) is 12.5 Å². The van der Waals surface area contributed by atoms with Crippen molar-refractivity contribution in [1.82, 2.24) is 0 Å². The molecule has 1 heterocycles. The Labute approximate surface area is 199 Å². The molecule has 5 fully saturated rings. The zero-order valence-corrected chi connectivity index (χ0v) is 19.8. The average Bonchev–Trinajstić information content (AvgIpc) is 3.48. The molecule has 1 aromatic rings. The van der Waals surface area contributed by atoms with Crippen LogP contribution in [-0.4, -0.2) is 36.2 Å². The minimum absolute atomic E-state index is 0.0122. The predicted octanol–water partition coefficient (Wildman–Crippen LogP) is 3.87. The van der Waals surface area contributed by atoms with Crippen molar-refractivity contribution in [2.75, 3.05) is 6.61 Å². The lowest BCUT2D eigenvalue weighted by atomic mass is 9.43. The fourth-order valence-electron chi connectivity index (χ4n) is 8.87. The largest absolute Gasteiger partial charge is 0.465 e. The summed E-state index contributed by atoms with van der Waals surface area (Å²) < 4.78 is 11.2. The first-order valence-corrected chi connectivity index (χ1v) is 12.7. The fourth-order valence-corrected chi connectivity index (χ4v) is 8.87. The number of rotatable bonds is 3. The van der Waals surface area contributed by atoms with Gasteiger partial charge in [0.05, 0.1) is 17.9 Å². The van der Waals surface area contributed by atoms with Crippen molar-refractivity contribution < 1.29 is 28.7 Å². The van der Waals surface area contributed by atoms with Crippen LogP contribution in [0.25, 0.3) is 0 Å². The Bertz CT molecular complexity index is 1060. The molecule has 1 aliphatic heterocycles. The molecule has 0 radical (unpaired) electrons. The monoisotopic (exact) mass is 464 g/mol. The van der Waals surface area contributed by atoms with Gasteiger partial charge in [-0.1, -0.05) is 37.3 Å².